The lowest BCUT2D eigenvalue weighted by molar-refractivity contribution is -0.00257. The summed E-state index contributed by atoms with van der Waals surface area (Å²) in [6.07, 6.45) is -0.552. The van der Waals surface area contributed by atoms with Gasteiger partial charge >= 0.3 is 6.09 Å². The first-order valence-corrected chi connectivity index (χ1v) is 10.1. The van der Waals surface area contributed by atoms with Gasteiger partial charge in [-0.15, -0.1) is 0 Å². The van der Waals surface area contributed by atoms with Gasteiger partial charge in [0.25, 0.3) is 5.91 Å². The summed E-state index contributed by atoms with van der Waals surface area (Å²) in [6.45, 7) is 5.05. The Labute approximate surface area is 178 Å². The molecule has 0 radical (unpaired) electrons. The van der Waals surface area contributed by atoms with E-state index in [1.807, 2.05) is 0 Å². The topological polar surface area (TPSA) is 70.1 Å². The highest BCUT2D eigenvalue weighted by molar-refractivity contribution is 14.1. The van der Waals surface area contributed by atoms with E-state index >= 15 is 0 Å². The molecular formula is C17H20BrF2IN2O4. The maximum atomic E-state index is 14.3. The molecular weight excluding hydrogens is 541 g/mol. The number of hydrogen-bond donors (Lipinski definition) is 1. The van der Waals surface area contributed by atoms with Crippen molar-refractivity contribution in [2.24, 2.45) is 0 Å². The Bertz CT molecular complexity index is 757. The highest BCUT2D eigenvalue weighted by atomic mass is 127. The van der Waals surface area contributed by atoms with E-state index in [0.29, 0.717) is 3.57 Å². The zero-order chi connectivity index (χ0) is 20.5. The Morgan fingerprint density at radius 2 is 1.96 bits per heavy atom. The molecule has 6 nitrogen and oxygen atoms in total. The number of hydrogen-bond acceptors (Lipinski definition) is 4. The maximum absolute atomic E-state index is 14.3. The average molecular weight is 561 g/mol. The Kier molecular flexibility index (Phi) is 7.06. The number of piperazine rings is 1. The van der Waals surface area contributed by atoms with E-state index in [1.54, 1.807) is 43.4 Å². The standard InChI is InChI=1S/C17H20BrF2IN2O4/c1-17(2,3)27-16(26)22-4-5-23(9(7-22)8-24)15(25)10-6-11(21)12(18)14(20)13(10)19/h6,9,24H,4-5,7-8H2,1-3H3/t9-/m1/s1. The van der Waals surface area contributed by atoms with Gasteiger partial charge in [-0.3, -0.25) is 4.79 Å². The second kappa shape index (κ2) is 8.56. The maximum Gasteiger partial charge on any atom is 0.410 e. The minimum Gasteiger partial charge on any atom is -0.444 e. The van der Waals surface area contributed by atoms with Gasteiger partial charge in [-0.05, 0) is 65.4 Å². The normalized spacial score (nSPS) is 17.9. The van der Waals surface area contributed by atoms with Crippen LogP contribution in [0.5, 0.6) is 0 Å². The molecule has 1 atom stereocenters. The van der Waals surface area contributed by atoms with Crippen molar-refractivity contribution < 1.29 is 28.2 Å². The third-order valence-electron chi connectivity index (χ3n) is 3.94. The Morgan fingerprint density at radius 3 is 2.52 bits per heavy atom. The molecule has 0 unspecified atom stereocenters. The number of amides is 2. The summed E-state index contributed by atoms with van der Waals surface area (Å²) in [5.74, 6) is -3.13. The number of carbonyl (C=O) groups excluding carboxylic acids is 2. The van der Waals surface area contributed by atoms with E-state index in [2.05, 4.69) is 15.9 Å². The van der Waals surface area contributed by atoms with Crippen molar-refractivity contribution >= 4 is 50.5 Å². The molecule has 1 aliphatic rings. The van der Waals surface area contributed by atoms with Gasteiger partial charge in [0, 0.05) is 23.2 Å². The minimum atomic E-state index is -1.25. The number of halogens is 4. The summed E-state index contributed by atoms with van der Waals surface area (Å²) in [7, 11) is 0. The van der Waals surface area contributed by atoms with Crippen LogP contribution in [0.25, 0.3) is 0 Å². The van der Waals surface area contributed by atoms with Gasteiger partial charge in [0.15, 0.2) is 11.6 Å². The van der Waals surface area contributed by atoms with Gasteiger partial charge in [-0.25, -0.2) is 13.6 Å². The highest BCUT2D eigenvalue weighted by Gasteiger charge is 2.36. The predicted octanol–water partition coefficient (Wildman–Crippen LogP) is 3.39. The quantitative estimate of drug-likeness (QED) is 0.342. The Hall–Kier alpha value is -1.01. The number of aliphatic hydroxyl groups excluding tert-OH is 1. The van der Waals surface area contributed by atoms with Crippen LogP contribution < -0.4 is 0 Å². The van der Waals surface area contributed by atoms with Crippen LogP contribution in [0.4, 0.5) is 13.6 Å². The van der Waals surface area contributed by atoms with E-state index in [4.69, 9.17) is 4.74 Å². The van der Waals surface area contributed by atoms with Gasteiger partial charge in [-0.1, -0.05) is 0 Å². The van der Waals surface area contributed by atoms with Crippen molar-refractivity contribution in [3.8, 4) is 0 Å². The average Bonchev–Trinajstić information content (AvgIpc) is 2.60. The molecule has 2 amide bonds. The summed E-state index contributed by atoms with van der Waals surface area (Å²) in [5.41, 5.74) is -1.09. The van der Waals surface area contributed by atoms with E-state index in [9.17, 15) is 23.5 Å². The van der Waals surface area contributed by atoms with Crippen LogP contribution in [0, 0.1) is 15.2 Å². The molecule has 0 bridgehead atoms. The lowest BCUT2D eigenvalue weighted by atomic mass is 10.1. The van der Waals surface area contributed by atoms with Gasteiger partial charge in [-0.2, -0.15) is 0 Å². The van der Waals surface area contributed by atoms with E-state index in [1.165, 1.54) is 15.9 Å². The van der Waals surface area contributed by atoms with Crippen molar-refractivity contribution in [3.63, 3.8) is 0 Å². The SMILES string of the molecule is CC(C)(C)OC(=O)N1CCN(C(=O)c2cc(I)c(Br)c(F)c2F)[C@@H](CO)C1. The summed E-state index contributed by atoms with van der Waals surface area (Å²) >= 11 is 4.73. The van der Waals surface area contributed by atoms with Gasteiger partial charge < -0.3 is 19.6 Å². The first-order valence-electron chi connectivity index (χ1n) is 8.19. The summed E-state index contributed by atoms with van der Waals surface area (Å²) in [6, 6.07) is 0.502. The Morgan fingerprint density at radius 1 is 1.33 bits per heavy atom. The van der Waals surface area contributed by atoms with Crippen molar-refractivity contribution in [2.75, 3.05) is 26.2 Å². The molecule has 1 saturated heterocycles. The van der Waals surface area contributed by atoms with Crippen LogP contribution in [-0.2, 0) is 4.74 Å². The minimum absolute atomic E-state index is 0.0366. The second-order valence-corrected chi connectivity index (χ2v) is 9.06. The van der Waals surface area contributed by atoms with Crippen molar-refractivity contribution in [2.45, 2.75) is 32.4 Å². The number of rotatable bonds is 2. The summed E-state index contributed by atoms with van der Waals surface area (Å²) in [4.78, 5) is 27.6. The number of benzene rings is 1. The predicted molar refractivity (Wildman–Crippen MR) is 106 cm³/mol. The molecule has 0 saturated carbocycles. The lowest BCUT2D eigenvalue weighted by Gasteiger charge is -2.41. The van der Waals surface area contributed by atoms with Gasteiger partial charge in [0.1, 0.15) is 5.60 Å². The van der Waals surface area contributed by atoms with Crippen LogP contribution >= 0.6 is 38.5 Å². The molecule has 150 valence electrons. The third kappa shape index (κ3) is 5.08. The first-order chi connectivity index (χ1) is 12.5. The largest absolute Gasteiger partial charge is 0.444 e. The van der Waals surface area contributed by atoms with E-state index in [-0.39, 0.29) is 24.1 Å². The van der Waals surface area contributed by atoms with Crippen LogP contribution in [0.3, 0.4) is 0 Å². The molecule has 0 aromatic heterocycles. The van der Waals surface area contributed by atoms with Crippen LogP contribution in [0.1, 0.15) is 31.1 Å². The van der Waals surface area contributed by atoms with Crippen LogP contribution in [-0.4, -0.2) is 64.8 Å². The van der Waals surface area contributed by atoms with Crippen molar-refractivity contribution in [1.29, 1.82) is 0 Å². The number of ether oxygens (including phenoxy) is 1. The zero-order valence-corrected chi connectivity index (χ0v) is 18.8. The molecule has 2 rings (SSSR count). The Balaban J connectivity index is 2.21. The smallest absolute Gasteiger partial charge is 0.410 e. The number of aliphatic hydroxyl groups is 1. The second-order valence-electron chi connectivity index (χ2n) is 7.11. The van der Waals surface area contributed by atoms with Crippen LogP contribution in [0.2, 0.25) is 0 Å². The zero-order valence-electron chi connectivity index (χ0n) is 15.1. The van der Waals surface area contributed by atoms with Crippen molar-refractivity contribution in [1.82, 2.24) is 9.80 Å². The van der Waals surface area contributed by atoms with Crippen LogP contribution in [0.15, 0.2) is 10.5 Å². The first kappa shape index (κ1) is 22.3. The molecule has 1 fully saturated rings. The number of carbonyl (C=O) groups is 2. The number of nitrogens with zero attached hydrogens (tertiary/aromatic N) is 2. The molecule has 0 spiro atoms. The third-order valence-corrected chi connectivity index (χ3v) is 6.31. The fourth-order valence-electron chi connectivity index (χ4n) is 2.65. The molecule has 1 aromatic carbocycles. The fraction of sp³-hybridized carbons (Fsp3) is 0.529. The molecule has 0 aliphatic carbocycles. The van der Waals surface area contributed by atoms with Gasteiger partial charge in [0.2, 0.25) is 0 Å². The molecule has 27 heavy (non-hydrogen) atoms. The summed E-state index contributed by atoms with van der Waals surface area (Å²) in [5, 5.41) is 9.66. The molecule has 1 aliphatic heterocycles. The molecule has 1 aromatic rings. The van der Waals surface area contributed by atoms with E-state index < -0.39 is 47.4 Å². The molecule has 1 N–H and O–H groups in total. The lowest BCUT2D eigenvalue weighted by Crippen LogP contribution is -2.58. The fourth-order valence-corrected chi connectivity index (χ4v) is 3.49. The highest BCUT2D eigenvalue weighted by Crippen LogP contribution is 2.28. The van der Waals surface area contributed by atoms with Crippen molar-refractivity contribution in [3.05, 3.63) is 31.3 Å². The van der Waals surface area contributed by atoms with E-state index in [0.717, 1.165) is 0 Å². The summed E-state index contributed by atoms with van der Waals surface area (Å²) < 4.78 is 33.8. The molecule has 1 heterocycles. The van der Waals surface area contributed by atoms with Gasteiger partial charge in [0.05, 0.1) is 22.7 Å². The monoisotopic (exact) mass is 560 g/mol. The molecule has 10 heteroatoms.